The molecule has 4 nitrogen and oxygen atoms in total. The molecule has 1 aliphatic rings. The summed E-state index contributed by atoms with van der Waals surface area (Å²) in [5, 5.41) is 5.51. The van der Waals surface area contributed by atoms with Crippen molar-refractivity contribution in [3.05, 3.63) is 0 Å². The number of urea groups is 1. The highest BCUT2D eigenvalue weighted by atomic mass is 16.2. The lowest BCUT2D eigenvalue weighted by molar-refractivity contribution is 0.237. The molecule has 0 spiro atoms. The molecule has 0 saturated heterocycles. The van der Waals surface area contributed by atoms with Gasteiger partial charge in [0.05, 0.1) is 0 Å². The monoisotopic (exact) mass is 185 g/mol. The zero-order valence-electron chi connectivity index (χ0n) is 8.63. The number of carbonyl (C=O) groups excluding carboxylic acids is 1. The Morgan fingerprint density at radius 2 is 2.08 bits per heavy atom. The van der Waals surface area contributed by atoms with Crippen LogP contribution in [0, 0.1) is 0 Å². The highest BCUT2D eigenvalue weighted by Gasteiger charge is 2.26. The molecule has 4 heteroatoms. The van der Waals surface area contributed by atoms with E-state index in [9.17, 15) is 4.79 Å². The molecular formula is C9H19N3O. The van der Waals surface area contributed by atoms with Crippen molar-refractivity contribution in [1.82, 2.24) is 15.5 Å². The van der Waals surface area contributed by atoms with Crippen LogP contribution in [0.2, 0.25) is 0 Å². The Balaban J connectivity index is 2.29. The van der Waals surface area contributed by atoms with Crippen LogP contribution in [-0.4, -0.2) is 44.2 Å². The highest BCUT2D eigenvalue weighted by molar-refractivity contribution is 5.73. The minimum Gasteiger partial charge on any atom is -0.341 e. The van der Waals surface area contributed by atoms with Gasteiger partial charge in [0.2, 0.25) is 0 Å². The lowest BCUT2D eigenvalue weighted by atomic mass is 10.2. The minimum absolute atomic E-state index is 0.0654. The Morgan fingerprint density at radius 1 is 1.38 bits per heavy atom. The number of nitrogens with zero attached hydrogens (tertiary/aromatic N) is 1. The summed E-state index contributed by atoms with van der Waals surface area (Å²) in [4.78, 5) is 13.2. The molecule has 0 aromatic rings. The third-order valence-corrected chi connectivity index (χ3v) is 2.70. The quantitative estimate of drug-likeness (QED) is 0.654. The molecule has 2 amide bonds. The van der Waals surface area contributed by atoms with E-state index >= 15 is 0 Å². The van der Waals surface area contributed by atoms with Gasteiger partial charge in [0.15, 0.2) is 0 Å². The standard InChI is InChI=1S/C9H19N3O/c1-10-9(13)11-7-4-5-8(6-7)12(2)3/h7-8H,4-6H2,1-3H3,(H2,10,11,13)/t7-,8-/m0/s1. The second kappa shape index (κ2) is 4.46. The second-order valence-electron chi connectivity index (χ2n) is 3.85. The molecule has 0 heterocycles. The van der Waals surface area contributed by atoms with Crippen LogP contribution < -0.4 is 10.6 Å². The SMILES string of the molecule is CNC(=O)N[C@H]1CC[C@H](N(C)C)C1. The van der Waals surface area contributed by atoms with Gasteiger partial charge in [0.1, 0.15) is 0 Å². The van der Waals surface area contributed by atoms with Gasteiger partial charge in [0.25, 0.3) is 0 Å². The van der Waals surface area contributed by atoms with Crippen molar-refractivity contribution in [2.45, 2.75) is 31.3 Å². The molecule has 76 valence electrons. The molecule has 0 unspecified atom stereocenters. The molecule has 0 bridgehead atoms. The zero-order valence-corrected chi connectivity index (χ0v) is 8.63. The van der Waals surface area contributed by atoms with Crippen molar-refractivity contribution < 1.29 is 4.79 Å². The van der Waals surface area contributed by atoms with E-state index in [0.29, 0.717) is 12.1 Å². The smallest absolute Gasteiger partial charge is 0.314 e. The Bertz CT molecular complexity index is 182. The van der Waals surface area contributed by atoms with E-state index < -0.39 is 0 Å². The molecule has 1 aliphatic carbocycles. The number of hydrogen-bond donors (Lipinski definition) is 2. The number of rotatable bonds is 2. The molecule has 13 heavy (non-hydrogen) atoms. The maximum absolute atomic E-state index is 11.0. The van der Waals surface area contributed by atoms with Gasteiger partial charge in [-0.3, -0.25) is 0 Å². The first-order valence-electron chi connectivity index (χ1n) is 4.78. The van der Waals surface area contributed by atoms with Crippen molar-refractivity contribution in [3.63, 3.8) is 0 Å². The van der Waals surface area contributed by atoms with E-state index in [1.807, 2.05) is 0 Å². The van der Waals surface area contributed by atoms with E-state index in [-0.39, 0.29) is 6.03 Å². The average Bonchev–Trinajstić information content (AvgIpc) is 2.52. The van der Waals surface area contributed by atoms with E-state index in [1.54, 1.807) is 7.05 Å². The zero-order chi connectivity index (χ0) is 9.84. The van der Waals surface area contributed by atoms with Gasteiger partial charge in [-0.05, 0) is 33.4 Å². The first kappa shape index (κ1) is 10.3. The summed E-state index contributed by atoms with van der Waals surface area (Å²) >= 11 is 0. The van der Waals surface area contributed by atoms with Gasteiger partial charge in [0, 0.05) is 19.1 Å². The van der Waals surface area contributed by atoms with E-state index in [0.717, 1.165) is 12.8 Å². The van der Waals surface area contributed by atoms with Crippen molar-refractivity contribution in [1.29, 1.82) is 0 Å². The molecule has 1 rings (SSSR count). The third kappa shape index (κ3) is 2.88. The summed E-state index contributed by atoms with van der Waals surface area (Å²) in [5.74, 6) is 0. The first-order chi connectivity index (χ1) is 6.13. The predicted molar refractivity (Wildman–Crippen MR) is 52.7 cm³/mol. The van der Waals surface area contributed by atoms with Gasteiger partial charge in [-0.25, -0.2) is 4.79 Å². The normalized spacial score (nSPS) is 27.7. The minimum atomic E-state index is -0.0654. The van der Waals surface area contributed by atoms with Crippen LogP contribution in [-0.2, 0) is 0 Å². The summed E-state index contributed by atoms with van der Waals surface area (Å²) in [5.41, 5.74) is 0. The van der Waals surface area contributed by atoms with Gasteiger partial charge in [-0.15, -0.1) is 0 Å². The van der Waals surface area contributed by atoms with Crippen LogP contribution in [0.3, 0.4) is 0 Å². The van der Waals surface area contributed by atoms with Crippen LogP contribution >= 0.6 is 0 Å². The summed E-state index contributed by atoms with van der Waals surface area (Å²) in [6, 6.07) is 0.916. The van der Waals surface area contributed by atoms with Crippen molar-refractivity contribution in [2.24, 2.45) is 0 Å². The first-order valence-corrected chi connectivity index (χ1v) is 4.78. The molecule has 2 N–H and O–H groups in total. The molecule has 0 aromatic heterocycles. The summed E-state index contributed by atoms with van der Waals surface area (Å²) in [7, 11) is 5.83. The predicted octanol–water partition coefficient (Wildman–Crippen LogP) is 0.398. The van der Waals surface area contributed by atoms with Crippen molar-refractivity contribution >= 4 is 6.03 Å². The molecule has 0 aromatic carbocycles. The Labute approximate surface area is 79.7 Å². The molecule has 1 saturated carbocycles. The molecule has 1 fully saturated rings. The fourth-order valence-corrected chi connectivity index (χ4v) is 1.82. The van der Waals surface area contributed by atoms with Crippen LogP contribution in [0.1, 0.15) is 19.3 Å². The average molecular weight is 185 g/mol. The van der Waals surface area contributed by atoms with Crippen LogP contribution in [0.5, 0.6) is 0 Å². The van der Waals surface area contributed by atoms with E-state index in [2.05, 4.69) is 29.6 Å². The topological polar surface area (TPSA) is 44.4 Å². The number of nitrogens with one attached hydrogen (secondary N) is 2. The molecule has 0 radical (unpaired) electrons. The van der Waals surface area contributed by atoms with Gasteiger partial charge in [-0.1, -0.05) is 0 Å². The van der Waals surface area contributed by atoms with Crippen LogP contribution in [0.15, 0.2) is 0 Å². The number of amides is 2. The molecular weight excluding hydrogens is 166 g/mol. The van der Waals surface area contributed by atoms with Crippen molar-refractivity contribution in [2.75, 3.05) is 21.1 Å². The maximum Gasteiger partial charge on any atom is 0.314 e. The Kier molecular flexibility index (Phi) is 3.54. The van der Waals surface area contributed by atoms with Gasteiger partial charge in [-0.2, -0.15) is 0 Å². The highest BCUT2D eigenvalue weighted by Crippen LogP contribution is 2.22. The lowest BCUT2D eigenvalue weighted by Crippen LogP contribution is -2.40. The summed E-state index contributed by atoms with van der Waals surface area (Å²) in [6.07, 6.45) is 3.35. The fraction of sp³-hybridized carbons (Fsp3) is 0.889. The fourth-order valence-electron chi connectivity index (χ4n) is 1.82. The Morgan fingerprint density at radius 3 is 2.54 bits per heavy atom. The lowest BCUT2D eigenvalue weighted by Gasteiger charge is -2.19. The van der Waals surface area contributed by atoms with E-state index in [4.69, 9.17) is 0 Å². The number of hydrogen-bond acceptors (Lipinski definition) is 2. The number of carbonyl (C=O) groups is 1. The maximum atomic E-state index is 11.0. The third-order valence-electron chi connectivity index (χ3n) is 2.70. The van der Waals surface area contributed by atoms with Crippen LogP contribution in [0.4, 0.5) is 4.79 Å². The molecule has 0 aliphatic heterocycles. The Hall–Kier alpha value is -0.770. The molecule has 2 atom stereocenters. The van der Waals surface area contributed by atoms with Crippen LogP contribution in [0.25, 0.3) is 0 Å². The summed E-state index contributed by atoms with van der Waals surface area (Å²) in [6.45, 7) is 0. The second-order valence-corrected chi connectivity index (χ2v) is 3.85. The summed E-state index contributed by atoms with van der Waals surface area (Å²) < 4.78 is 0. The van der Waals surface area contributed by atoms with Gasteiger partial charge >= 0.3 is 6.03 Å². The largest absolute Gasteiger partial charge is 0.341 e. The van der Waals surface area contributed by atoms with E-state index in [1.165, 1.54) is 6.42 Å². The van der Waals surface area contributed by atoms with Crippen molar-refractivity contribution in [3.8, 4) is 0 Å². The van der Waals surface area contributed by atoms with Gasteiger partial charge < -0.3 is 15.5 Å².